The first-order valence-corrected chi connectivity index (χ1v) is 11.5. The Labute approximate surface area is 190 Å². The van der Waals surface area contributed by atoms with E-state index in [1.807, 2.05) is 12.1 Å². The highest BCUT2D eigenvalue weighted by Crippen LogP contribution is 2.32. The van der Waals surface area contributed by atoms with Crippen molar-refractivity contribution >= 4 is 0 Å². The maximum atomic E-state index is 6.04. The van der Waals surface area contributed by atoms with E-state index in [-0.39, 0.29) is 0 Å². The van der Waals surface area contributed by atoms with E-state index in [2.05, 4.69) is 62.4 Å². The van der Waals surface area contributed by atoms with E-state index in [0.29, 0.717) is 25.4 Å². The molecule has 0 aliphatic carbocycles. The number of ether oxygens (including phenoxy) is 4. The highest BCUT2D eigenvalue weighted by atomic mass is 16.6. The summed E-state index contributed by atoms with van der Waals surface area (Å²) in [5.74, 6) is 1.90. The molecule has 0 aromatic heterocycles. The molecule has 3 aromatic carbocycles. The van der Waals surface area contributed by atoms with Gasteiger partial charge in [-0.3, -0.25) is 0 Å². The number of epoxide rings is 2. The Morgan fingerprint density at radius 1 is 0.656 bits per heavy atom. The summed E-state index contributed by atoms with van der Waals surface area (Å²) in [6, 6.07) is 21.5. The molecule has 2 aliphatic rings. The first-order valence-electron chi connectivity index (χ1n) is 11.5. The van der Waals surface area contributed by atoms with Crippen molar-refractivity contribution < 1.29 is 18.9 Å². The van der Waals surface area contributed by atoms with Crippen molar-refractivity contribution in [2.24, 2.45) is 0 Å². The number of rotatable bonds is 10. The lowest BCUT2D eigenvalue weighted by Gasteiger charge is -2.14. The Kier molecular flexibility index (Phi) is 6.15. The smallest absolute Gasteiger partial charge is 0.125 e. The molecular formula is C28H30O4. The van der Waals surface area contributed by atoms with Crippen LogP contribution >= 0.6 is 0 Å². The minimum Gasteiger partial charge on any atom is -0.493 e. The summed E-state index contributed by atoms with van der Waals surface area (Å²) >= 11 is 0. The van der Waals surface area contributed by atoms with Gasteiger partial charge in [0.15, 0.2) is 0 Å². The topological polar surface area (TPSA) is 43.5 Å². The van der Waals surface area contributed by atoms with Crippen LogP contribution in [-0.2, 0) is 9.47 Å². The van der Waals surface area contributed by atoms with Crippen molar-refractivity contribution in [3.63, 3.8) is 0 Å². The maximum Gasteiger partial charge on any atom is 0.125 e. The first-order chi connectivity index (χ1) is 15.7. The molecule has 166 valence electrons. The van der Waals surface area contributed by atoms with Crippen LogP contribution in [0.2, 0.25) is 0 Å². The standard InChI is InChI=1S/C28H30O4/c1-19-15-24(16-20(2)28(19)30-14-12-27-18-32-27)23-5-3-21(4-6-23)22-7-9-25(10-8-22)29-13-11-26-17-31-26/h3-10,15-16,26-27H,11-14,17-18H2,1-2H3. The Morgan fingerprint density at radius 2 is 1.09 bits per heavy atom. The molecule has 2 heterocycles. The van der Waals surface area contributed by atoms with Gasteiger partial charge in [0.25, 0.3) is 0 Å². The molecule has 3 aromatic rings. The molecule has 2 unspecified atom stereocenters. The summed E-state index contributed by atoms with van der Waals surface area (Å²) in [7, 11) is 0. The lowest BCUT2D eigenvalue weighted by Crippen LogP contribution is -2.03. The second kappa shape index (κ2) is 9.35. The molecule has 4 nitrogen and oxygen atoms in total. The van der Waals surface area contributed by atoms with E-state index in [1.54, 1.807) is 0 Å². The summed E-state index contributed by atoms with van der Waals surface area (Å²) in [5, 5.41) is 0. The molecule has 0 N–H and O–H groups in total. The lowest BCUT2D eigenvalue weighted by molar-refractivity contribution is 0.280. The van der Waals surface area contributed by atoms with Crippen LogP contribution in [0.5, 0.6) is 11.5 Å². The van der Waals surface area contributed by atoms with Crippen LogP contribution in [0.4, 0.5) is 0 Å². The third-order valence-electron chi connectivity index (χ3n) is 6.07. The first kappa shape index (κ1) is 21.0. The van der Waals surface area contributed by atoms with Crippen LogP contribution in [0.3, 0.4) is 0 Å². The minimum atomic E-state index is 0.402. The van der Waals surface area contributed by atoms with E-state index in [1.165, 1.54) is 33.4 Å². The van der Waals surface area contributed by atoms with Gasteiger partial charge in [-0.05, 0) is 71.5 Å². The molecule has 2 saturated heterocycles. The molecular weight excluding hydrogens is 400 g/mol. The minimum absolute atomic E-state index is 0.402. The molecule has 0 radical (unpaired) electrons. The molecule has 0 amide bonds. The van der Waals surface area contributed by atoms with Gasteiger partial charge < -0.3 is 18.9 Å². The largest absolute Gasteiger partial charge is 0.493 e. The van der Waals surface area contributed by atoms with Gasteiger partial charge in [-0.15, -0.1) is 0 Å². The number of hydrogen-bond donors (Lipinski definition) is 0. The summed E-state index contributed by atoms with van der Waals surface area (Å²) in [5.41, 5.74) is 7.15. The van der Waals surface area contributed by atoms with Crippen molar-refractivity contribution in [2.75, 3.05) is 26.4 Å². The summed E-state index contributed by atoms with van der Waals surface area (Å²) < 4.78 is 22.3. The van der Waals surface area contributed by atoms with Crippen molar-refractivity contribution in [1.29, 1.82) is 0 Å². The van der Waals surface area contributed by atoms with Gasteiger partial charge in [-0.1, -0.05) is 36.4 Å². The molecule has 0 saturated carbocycles. The van der Waals surface area contributed by atoms with Crippen molar-refractivity contribution in [3.05, 3.63) is 71.8 Å². The van der Waals surface area contributed by atoms with Gasteiger partial charge in [-0.25, -0.2) is 0 Å². The van der Waals surface area contributed by atoms with E-state index < -0.39 is 0 Å². The van der Waals surface area contributed by atoms with E-state index in [0.717, 1.165) is 37.6 Å². The highest BCUT2D eigenvalue weighted by molar-refractivity contribution is 5.72. The average molecular weight is 431 g/mol. The molecule has 0 spiro atoms. The molecule has 4 heteroatoms. The third kappa shape index (κ3) is 5.32. The second-order valence-electron chi connectivity index (χ2n) is 8.73. The monoisotopic (exact) mass is 430 g/mol. The zero-order chi connectivity index (χ0) is 21.9. The van der Waals surface area contributed by atoms with Gasteiger partial charge in [0.05, 0.1) is 38.6 Å². The van der Waals surface area contributed by atoms with Crippen LogP contribution in [0.25, 0.3) is 22.3 Å². The van der Waals surface area contributed by atoms with Crippen molar-refractivity contribution in [1.82, 2.24) is 0 Å². The Morgan fingerprint density at radius 3 is 1.59 bits per heavy atom. The van der Waals surface area contributed by atoms with Gasteiger partial charge in [0.1, 0.15) is 11.5 Å². The Balaban J connectivity index is 1.23. The van der Waals surface area contributed by atoms with Crippen LogP contribution in [0.15, 0.2) is 60.7 Å². The molecule has 2 aliphatic heterocycles. The quantitative estimate of drug-likeness (QED) is 0.372. The molecule has 2 fully saturated rings. The van der Waals surface area contributed by atoms with Gasteiger partial charge >= 0.3 is 0 Å². The van der Waals surface area contributed by atoms with Crippen LogP contribution in [-0.4, -0.2) is 38.6 Å². The second-order valence-corrected chi connectivity index (χ2v) is 8.73. The fourth-order valence-corrected chi connectivity index (χ4v) is 4.01. The average Bonchev–Trinajstić information content (AvgIpc) is 3.72. The fraction of sp³-hybridized carbons (Fsp3) is 0.357. The fourth-order valence-electron chi connectivity index (χ4n) is 4.01. The normalized spacial score (nSPS) is 18.9. The predicted octanol–water partition coefficient (Wildman–Crippen LogP) is 5.97. The number of benzene rings is 3. The zero-order valence-corrected chi connectivity index (χ0v) is 18.8. The summed E-state index contributed by atoms with van der Waals surface area (Å²) in [6.07, 6.45) is 2.74. The molecule has 32 heavy (non-hydrogen) atoms. The SMILES string of the molecule is Cc1cc(-c2ccc(-c3ccc(OCCC4CO4)cc3)cc2)cc(C)c1OCCC1CO1. The molecule has 0 bridgehead atoms. The third-order valence-corrected chi connectivity index (χ3v) is 6.07. The molecule has 2 atom stereocenters. The van der Waals surface area contributed by atoms with Crippen molar-refractivity contribution in [2.45, 2.75) is 38.9 Å². The van der Waals surface area contributed by atoms with E-state index in [9.17, 15) is 0 Å². The number of aryl methyl sites for hydroxylation is 2. The summed E-state index contributed by atoms with van der Waals surface area (Å²) in [6.45, 7) is 7.41. The van der Waals surface area contributed by atoms with Crippen LogP contribution in [0.1, 0.15) is 24.0 Å². The maximum absolute atomic E-state index is 6.04. The zero-order valence-electron chi connectivity index (χ0n) is 18.8. The van der Waals surface area contributed by atoms with E-state index in [4.69, 9.17) is 18.9 Å². The van der Waals surface area contributed by atoms with Gasteiger partial charge in [-0.2, -0.15) is 0 Å². The highest BCUT2D eigenvalue weighted by Gasteiger charge is 2.22. The van der Waals surface area contributed by atoms with Crippen molar-refractivity contribution in [3.8, 4) is 33.8 Å². The number of hydrogen-bond acceptors (Lipinski definition) is 4. The van der Waals surface area contributed by atoms with Gasteiger partial charge in [0, 0.05) is 12.8 Å². The predicted molar refractivity (Wildman–Crippen MR) is 126 cm³/mol. The van der Waals surface area contributed by atoms with E-state index >= 15 is 0 Å². The van der Waals surface area contributed by atoms with Crippen LogP contribution in [0, 0.1) is 13.8 Å². The Hall–Kier alpha value is -2.82. The Bertz CT molecular complexity index is 1020. The molecule has 5 rings (SSSR count). The van der Waals surface area contributed by atoms with Crippen LogP contribution < -0.4 is 9.47 Å². The van der Waals surface area contributed by atoms with Gasteiger partial charge in [0.2, 0.25) is 0 Å². The lowest BCUT2D eigenvalue weighted by atomic mass is 9.97. The summed E-state index contributed by atoms with van der Waals surface area (Å²) in [4.78, 5) is 0.